The van der Waals surface area contributed by atoms with Crippen molar-refractivity contribution in [2.24, 2.45) is 0 Å². The molecule has 1 aromatic rings. The fourth-order valence-electron chi connectivity index (χ4n) is 1.43. The number of benzene rings is 1. The summed E-state index contributed by atoms with van der Waals surface area (Å²) in [5.74, 6) is 0. The first kappa shape index (κ1) is 22.8. The van der Waals surface area contributed by atoms with Crippen molar-refractivity contribution in [3.63, 3.8) is 0 Å². The van der Waals surface area contributed by atoms with Crippen LogP contribution in [0.2, 0.25) is 0 Å². The van der Waals surface area contributed by atoms with Crippen molar-refractivity contribution in [1.29, 1.82) is 5.26 Å². The maximum Gasteiger partial charge on any atom is 1.00 e. The van der Waals surface area contributed by atoms with Crippen molar-refractivity contribution in [1.82, 2.24) is 5.32 Å². The van der Waals surface area contributed by atoms with Gasteiger partial charge in [-0.15, -0.1) is 0 Å². The van der Waals surface area contributed by atoms with Crippen molar-refractivity contribution in [2.75, 3.05) is 18.0 Å². The van der Waals surface area contributed by atoms with Gasteiger partial charge in [0.05, 0.1) is 11.6 Å². The number of hydrogen-bond acceptors (Lipinski definition) is 5. The quantitative estimate of drug-likeness (QED) is 0.515. The number of urea groups is 1. The number of carboxylic acid groups (broad SMARTS) is 2. The summed E-state index contributed by atoms with van der Waals surface area (Å²) >= 11 is 0. The molecule has 7 nitrogen and oxygen atoms in total. The fourth-order valence-corrected chi connectivity index (χ4v) is 1.43. The maximum absolute atomic E-state index is 11.3. The van der Waals surface area contributed by atoms with Crippen LogP contribution in [0.3, 0.4) is 0 Å². The van der Waals surface area contributed by atoms with Crippen LogP contribution in [-0.2, 0) is 0 Å². The second-order valence-corrected chi connectivity index (χ2v) is 3.29. The molecule has 1 fully saturated rings. The molecular weight excluding hydrogens is 316 g/mol. The van der Waals surface area contributed by atoms with Gasteiger partial charge >= 0.3 is 109 Å². The molecule has 0 aromatic heterocycles. The molecule has 1 aliphatic heterocycles. The van der Waals surface area contributed by atoms with E-state index in [0.717, 1.165) is 5.69 Å². The van der Waals surface area contributed by atoms with Crippen molar-refractivity contribution in [3.05, 3.63) is 29.8 Å². The topological polar surface area (TPSA) is 119 Å². The Hall–Kier alpha value is 0.523. The molecule has 1 saturated heterocycles. The minimum Gasteiger partial charge on any atom is -0.652 e. The van der Waals surface area contributed by atoms with E-state index in [1.807, 2.05) is 6.07 Å². The van der Waals surface area contributed by atoms with Crippen LogP contribution in [0.4, 0.5) is 15.3 Å². The van der Waals surface area contributed by atoms with Gasteiger partial charge in [0, 0.05) is 18.8 Å². The predicted molar refractivity (Wildman–Crippen MR) is 57.3 cm³/mol. The van der Waals surface area contributed by atoms with E-state index in [0.29, 0.717) is 18.7 Å². The van der Waals surface area contributed by atoms with E-state index < -0.39 is 6.16 Å². The number of hydrogen-bond donors (Lipinski definition) is 1. The molecule has 0 saturated carbocycles. The Kier molecular flexibility index (Phi) is 13.8. The van der Waals surface area contributed by atoms with Gasteiger partial charge in [-0.25, -0.2) is 4.79 Å². The van der Waals surface area contributed by atoms with E-state index in [1.165, 1.54) is 0 Å². The molecule has 2 rings (SSSR count). The van der Waals surface area contributed by atoms with Crippen molar-refractivity contribution >= 4 is 17.9 Å². The Morgan fingerprint density at radius 3 is 2.10 bits per heavy atom. The van der Waals surface area contributed by atoms with Gasteiger partial charge in [-0.05, 0) is 30.4 Å². The first-order valence-corrected chi connectivity index (χ1v) is 4.98. The number of anilines is 1. The molecule has 0 bridgehead atoms. The van der Waals surface area contributed by atoms with Crippen molar-refractivity contribution < 1.29 is 123 Å². The number of nitriles is 1. The molecule has 2 amide bonds. The number of carbonyl (C=O) groups excluding carboxylic acids is 2. The number of amides is 2. The van der Waals surface area contributed by atoms with Crippen LogP contribution in [0.5, 0.6) is 0 Å². The van der Waals surface area contributed by atoms with Gasteiger partial charge in [0.2, 0.25) is 0 Å². The zero-order valence-electron chi connectivity index (χ0n) is 11.3. The molecule has 0 aliphatic carbocycles. The van der Waals surface area contributed by atoms with Gasteiger partial charge in [0.15, 0.2) is 0 Å². The van der Waals surface area contributed by atoms with Gasteiger partial charge < -0.3 is 20.3 Å². The van der Waals surface area contributed by atoms with Gasteiger partial charge in [0.1, 0.15) is 0 Å². The molecule has 0 spiro atoms. The summed E-state index contributed by atoms with van der Waals surface area (Å²) in [7, 11) is 0. The van der Waals surface area contributed by atoms with Gasteiger partial charge in [-0.1, -0.05) is 0 Å². The van der Waals surface area contributed by atoms with Crippen LogP contribution < -0.4 is 123 Å². The van der Waals surface area contributed by atoms with E-state index in [4.69, 9.17) is 20.3 Å². The molecule has 9 heteroatoms. The molecule has 1 heterocycles. The molecule has 0 atom stereocenters. The normalized spacial score (nSPS) is 11.8. The van der Waals surface area contributed by atoms with Crippen LogP contribution in [0, 0.1) is 11.3 Å². The minimum absolute atomic E-state index is 0. The average Bonchev–Trinajstić information content (AvgIpc) is 2.75. The zero-order chi connectivity index (χ0) is 13.5. The van der Waals surface area contributed by atoms with Crippen LogP contribution in [0.15, 0.2) is 24.3 Å². The molecule has 1 N–H and O–H groups in total. The molecule has 0 radical (unpaired) electrons. The number of carbonyl (C=O) groups is 2. The first-order valence-electron chi connectivity index (χ1n) is 4.98. The Morgan fingerprint density at radius 1 is 1.25 bits per heavy atom. The van der Waals surface area contributed by atoms with E-state index in [2.05, 4.69) is 5.32 Å². The third kappa shape index (κ3) is 8.08. The standard InChI is InChI=1S/C10H9N3O.CH2O3.2K/c11-7-8-1-3-9(4-2-8)13-6-5-12-10(13)14;2-1(3)4;;/h1-4H,5-6H2,(H,12,14);(H2,2,3,4);;/q;;2*+1/p-2. The van der Waals surface area contributed by atoms with E-state index in [-0.39, 0.29) is 109 Å². The second kappa shape index (κ2) is 12.1. The van der Waals surface area contributed by atoms with Crippen LogP contribution in [0.1, 0.15) is 5.56 Å². The summed E-state index contributed by atoms with van der Waals surface area (Å²) in [6, 6.07) is 8.94. The van der Waals surface area contributed by atoms with E-state index in [1.54, 1.807) is 29.2 Å². The summed E-state index contributed by atoms with van der Waals surface area (Å²) in [4.78, 5) is 21.3. The van der Waals surface area contributed by atoms with Crippen molar-refractivity contribution in [3.8, 4) is 6.07 Å². The second-order valence-electron chi connectivity index (χ2n) is 3.29. The summed E-state index contributed by atoms with van der Waals surface area (Å²) in [5, 5.41) is 28.0. The summed E-state index contributed by atoms with van der Waals surface area (Å²) < 4.78 is 0. The largest absolute Gasteiger partial charge is 1.00 e. The predicted octanol–water partition coefficient (Wildman–Crippen LogP) is -7.35. The summed E-state index contributed by atoms with van der Waals surface area (Å²) in [6.45, 7) is 1.36. The van der Waals surface area contributed by atoms with Gasteiger partial charge in [0.25, 0.3) is 0 Å². The van der Waals surface area contributed by atoms with Crippen molar-refractivity contribution in [2.45, 2.75) is 0 Å². The summed E-state index contributed by atoms with van der Waals surface area (Å²) in [5.41, 5.74) is 1.44. The van der Waals surface area contributed by atoms with Gasteiger partial charge in [-0.3, -0.25) is 4.90 Å². The number of nitrogens with zero attached hydrogens (tertiary/aromatic N) is 2. The molecule has 94 valence electrons. The Balaban J connectivity index is 0. The molecule has 1 aromatic carbocycles. The number of rotatable bonds is 1. The van der Waals surface area contributed by atoms with Gasteiger partial charge in [-0.2, -0.15) is 5.26 Å². The monoisotopic (exact) mass is 325 g/mol. The van der Waals surface area contributed by atoms with E-state index in [9.17, 15) is 4.79 Å². The smallest absolute Gasteiger partial charge is 0.652 e. The average molecular weight is 325 g/mol. The molecule has 1 aliphatic rings. The Labute approximate surface area is 201 Å². The molecular formula is C11H9K2N3O4. The van der Waals surface area contributed by atoms with E-state index >= 15 is 0 Å². The zero-order valence-corrected chi connectivity index (χ0v) is 17.5. The number of nitrogens with one attached hydrogen (secondary N) is 1. The minimum atomic E-state index is -2.33. The summed E-state index contributed by atoms with van der Waals surface area (Å²) in [6.07, 6.45) is -2.33. The third-order valence-corrected chi connectivity index (χ3v) is 2.16. The molecule has 0 unspecified atom stereocenters. The third-order valence-electron chi connectivity index (χ3n) is 2.16. The van der Waals surface area contributed by atoms with Crippen LogP contribution in [0.25, 0.3) is 0 Å². The van der Waals surface area contributed by atoms with Crippen LogP contribution in [-0.4, -0.2) is 25.3 Å². The SMILES string of the molecule is N#Cc1ccc(N2CCNC2=O)cc1.O=C([O-])[O-].[K+].[K+]. The Morgan fingerprint density at radius 2 is 1.75 bits per heavy atom. The Bertz CT molecular complexity index is 483. The maximum atomic E-state index is 11.3. The van der Waals surface area contributed by atoms with Crippen LogP contribution >= 0.6 is 0 Å². The molecule has 20 heavy (non-hydrogen) atoms. The fraction of sp³-hybridized carbons (Fsp3) is 0.182. The first-order chi connectivity index (χ1) is 8.54.